The van der Waals surface area contributed by atoms with Gasteiger partial charge in [-0.1, -0.05) is 31.2 Å². The van der Waals surface area contributed by atoms with Crippen molar-refractivity contribution in [1.82, 2.24) is 25.6 Å². The quantitative estimate of drug-likeness (QED) is 0.415. The zero-order valence-electron chi connectivity index (χ0n) is 19.9. The minimum absolute atomic E-state index is 0.0143. The molecular formula is C24H27N5O7. The Morgan fingerprint density at radius 3 is 2.56 bits per heavy atom. The average Bonchev–Trinajstić information content (AvgIpc) is 2.95. The average molecular weight is 498 g/mol. The number of aliphatic carboxylic acids is 1. The standard InChI is InChI=1S/C24H27N5O7/c1-3-12-28-19(31)9-8-17(23(34)29(28)13-18(30)26-14(2)21(32)24(35)36)27-22(33)20-16-7-5-4-6-15(16)10-11-25-20/h4-7,10-11,14,17H,3,8-9,12-13H2,1-2H3,(H,26,30)(H,27,33)(H,35,36). The fraction of sp³-hybridized carbons (Fsp3) is 0.375. The van der Waals surface area contributed by atoms with Gasteiger partial charge in [-0.05, 0) is 31.2 Å². The van der Waals surface area contributed by atoms with Crippen molar-refractivity contribution in [2.75, 3.05) is 13.1 Å². The van der Waals surface area contributed by atoms with Gasteiger partial charge in [0.15, 0.2) is 0 Å². The monoisotopic (exact) mass is 497 g/mol. The van der Waals surface area contributed by atoms with Crippen LogP contribution in [0.5, 0.6) is 0 Å². The number of aromatic nitrogens is 1. The van der Waals surface area contributed by atoms with Crippen molar-refractivity contribution < 1.29 is 33.9 Å². The van der Waals surface area contributed by atoms with Crippen LogP contribution in [0.1, 0.15) is 43.6 Å². The first-order valence-corrected chi connectivity index (χ1v) is 11.5. The van der Waals surface area contributed by atoms with Crippen LogP contribution >= 0.6 is 0 Å². The Kier molecular flexibility index (Phi) is 8.30. The molecule has 3 rings (SSSR count). The number of rotatable bonds is 9. The fourth-order valence-corrected chi connectivity index (χ4v) is 3.91. The zero-order valence-corrected chi connectivity index (χ0v) is 19.9. The van der Waals surface area contributed by atoms with Crippen molar-refractivity contribution in [3.63, 3.8) is 0 Å². The molecule has 1 aromatic heterocycles. The van der Waals surface area contributed by atoms with Crippen molar-refractivity contribution >= 4 is 46.2 Å². The van der Waals surface area contributed by atoms with E-state index >= 15 is 0 Å². The zero-order chi connectivity index (χ0) is 26.4. The normalized spacial score (nSPS) is 16.9. The molecule has 0 aliphatic carbocycles. The summed E-state index contributed by atoms with van der Waals surface area (Å²) in [6.07, 6.45) is 1.93. The van der Waals surface area contributed by atoms with E-state index in [1.54, 1.807) is 25.1 Å². The summed E-state index contributed by atoms with van der Waals surface area (Å²) < 4.78 is 0. The van der Waals surface area contributed by atoms with E-state index in [1.807, 2.05) is 12.1 Å². The highest BCUT2D eigenvalue weighted by atomic mass is 16.4. The van der Waals surface area contributed by atoms with E-state index in [1.165, 1.54) is 13.1 Å². The van der Waals surface area contributed by atoms with Crippen molar-refractivity contribution in [2.24, 2.45) is 0 Å². The van der Waals surface area contributed by atoms with E-state index in [4.69, 9.17) is 5.11 Å². The molecule has 0 radical (unpaired) electrons. The van der Waals surface area contributed by atoms with Crippen molar-refractivity contribution in [3.8, 4) is 0 Å². The topological polar surface area (TPSA) is 166 Å². The van der Waals surface area contributed by atoms with Gasteiger partial charge in [0, 0.05) is 24.5 Å². The Balaban J connectivity index is 1.83. The highest BCUT2D eigenvalue weighted by molar-refractivity contribution is 6.35. The number of carboxylic acid groups (broad SMARTS) is 1. The van der Waals surface area contributed by atoms with Gasteiger partial charge in [-0.2, -0.15) is 0 Å². The largest absolute Gasteiger partial charge is 0.475 e. The molecule has 4 amide bonds. The maximum Gasteiger partial charge on any atom is 0.374 e. The molecule has 0 bridgehead atoms. The molecule has 1 aliphatic rings. The Hall–Kier alpha value is -4.35. The molecule has 1 aromatic carbocycles. The van der Waals surface area contributed by atoms with Gasteiger partial charge in [0.25, 0.3) is 17.6 Å². The lowest BCUT2D eigenvalue weighted by molar-refractivity contribution is -0.164. The van der Waals surface area contributed by atoms with Crippen LogP contribution in [0, 0.1) is 0 Å². The molecule has 3 N–H and O–H groups in total. The number of benzene rings is 1. The van der Waals surface area contributed by atoms with Crippen LogP contribution in [0.4, 0.5) is 0 Å². The minimum atomic E-state index is -1.71. The molecule has 2 atom stereocenters. The van der Waals surface area contributed by atoms with Crippen LogP contribution < -0.4 is 10.6 Å². The Labute approximate surface area is 206 Å². The summed E-state index contributed by atoms with van der Waals surface area (Å²) in [5, 5.41) is 17.2. The lowest BCUT2D eigenvalue weighted by atomic mass is 10.1. The number of amides is 4. The highest BCUT2D eigenvalue weighted by Crippen LogP contribution is 2.19. The molecule has 2 aromatic rings. The first-order chi connectivity index (χ1) is 17.1. The summed E-state index contributed by atoms with van der Waals surface area (Å²) in [5.74, 6) is -5.46. The van der Waals surface area contributed by atoms with E-state index in [0.717, 1.165) is 15.4 Å². The lowest BCUT2D eigenvalue weighted by Gasteiger charge is -2.34. The number of hydrogen-bond acceptors (Lipinski definition) is 7. The van der Waals surface area contributed by atoms with Gasteiger partial charge in [-0.15, -0.1) is 0 Å². The molecule has 12 nitrogen and oxygen atoms in total. The number of carboxylic acids is 1. The predicted molar refractivity (Wildman–Crippen MR) is 126 cm³/mol. The molecule has 2 unspecified atom stereocenters. The van der Waals surface area contributed by atoms with Crippen LogP contribution in [0.25, 0.3) is 10.8 Å². The minimum Gasteiger partial charge on any atom is -0.475 e. The second kappa shape index (κ2) is 11.4. The van der Waals surface area contributed by atoms with E-state index < -0.39 is 54.0 Å². The fourth-order valence-electron chi connectivity index (χ4n) is 3.91. The number of ketones is 1. The third-order valence-electron chi connectivity index (χ3n) is 5.68. The molecule has 2 heterocycles. The van der Waals surface area contributed by atoms with Gasteiger partial charge in [-0.25, -0.2) is 9.80 Å². The van der Waals surface area contributed by atoms with Crippen LogP contribution in [0.2, 0.25) is 0 Å². The molecule has 0 saturated carbocycles. The number of carbonyl (C=O) groups is 6. The van der Waals surface area contributed by atoms with Crippen LogP contribution in [0.3, 0.4) is 0 Å². The number of nitrogens with one attached hydrogen (secondary N) is 2. The first-order valence-electron chi connectivity index (χ1n) is 11.5. The maximum atomic E-state index is 13.4. The van der Waals surface area contributed by atoms with Crippen molar-refractivity contribution in [3.05, 3.63) is 42.2 Å². The van der Waals surface area contributed by atoms with E-state index in [0.29, 0.717) is 11.8 Å². The van der Waals surface area contributed by atoms with Gasteiger partial charge in [-0.3, -0.25) is 34.0 Å². The second-order valence-corrected chi connectivity index (χ2v) is 8.32. The van der Waals surface area contributed by atoms with Crippen molar-refractivity contribution in [1.29, 1.82) is 0 Å². The molecule has 12 heteroatoms. The Morgan fingerprint density at radius 2 is 1.86 bits per heavy atom. The number of nitrogens with zero attached hydrogens (tertiary/aromatic N) is 3. The van der Waals surface area contributed by atoms with E-state index in [9.17, 15) is 28.8 Å². The summed E-state index contributed by atoms with van der Waals surface area (Å²) in [6, 6.07) is 6.43. The van der Waals surface area contributed by atoms with Gasteiger partial charge in [0.05, 0.1) is 6.04 Å². The summed E-state index contributed by atoms with van der Waals surface area (Å²) in [7, 11) is 0. The molecular weight excluding hydrogens is 470 g/mol. The summed E-state index contributed by atoms with van der Waals surface area (Å²) in [5.41, 5.74) is 0.118. The molecule has 0 spiro atoms. The van der Waals surface area contributed by atoms with Crippen LogP contribution in [-0.2, 0) is 24.0 Å². The van der Waals surface area contributed by atoms with Gasteiger partial charge >= 0.3 is 5.97 Å². The Morgan fingerprint density at radius 1 is 1.14 bits per heavy atom. The molecule has 1 saturated heterocycles. The van der Waals surface area contributed by atoms with E-state index in [2.05, 4.69) is 15.6 Å². The van der Waals surface area contributed by atoms with Gasteiger partial charge in [0.1, 0.15) is 18.3 Å². The van der Waals surface area contributed by atoms with Gasteiger partial charge in [0.2, 0.25) is 11.8 Å². The molecule has 190 valence electrons. The van der Waals surface area contributed by atoms with Crippen LogP contribution in [0.15, 0.2) is 36.5 Å². The molecule has 1 aliphatic heterocycles. The number of Topliss-reactive ketones (excluding diaryl/α,β-unsaturated/α-hetero) is 1. The summed E-state index contributed by atoms with van der Waals surface area (Å²) in [4.78, 5) is 78.5. The smallest absolute Gasteiger partial charge is 0.374 e. The number of carbonyl (C=O) groups excluding carboxylic acids is 5. The third kappa shape index (κ3) is 5.82. The number of fused-ring (bicyclic) bond motifs is 1. The van der Waals surface area contributed by atoms with Crippen molar-refractivity contribution in [2.45, 2.75) is 45.2 Å². The Bertz CT molecular complexity index is 1210. The lowest BCUT2D eigenvalue weighted by Crippen LogP contribution is -2.57. The first kappa shape index (κ1) is 26.3. The van der Waals surface area contributed by atoms with E-state index in [-0.39, 0.29) is 25.1 Å². The maximum absolute atomic E-state index is 13.4. The molecule has 36 heavy (non-hydrogen) atoms. The SMILES string of the molecule is CCCN1C(=O)CCC(NC(=O)c2nccc3ccccc23)C(=O)N1CC(=O)NC(C)C(=O)C(=O)O. The third-order valence-corrected chi connectivity index (χ3v) is 5.68. The number of pyridine rings is 1. The summed E-state index contributed by atoms with van der Waals surface area (Å²) >= 11 is 0. The highest BCUT2D eigenvalue weighted by Gasteiger charge is 2.37. The van der Waals surface area contributed by atoms with Gasteiger partial charge < -0.3 is 15.7 Å². The van der Waals surface area contributed by atoms with Crippen LogP contribution in [-0.4, -0.2) is 80.7 Å². The molecule has 1 fully saturated rings. The number of hydrazine groups is 1. The number of hydrogen-bond donors (Lipinski definition) is 3. The predicted octanol–water partition coefficient (Wildman–Crippen LogP) is 0.268. The summed E-state index contributed by atoms with van der Waals surface area (Å²) in [6.45, 7) is 2.50. The second-order valence-electron chi connectivity index (χ2n) is 8.32.